The largest absolute Gasteiger partial charge is 0.383 e. The van der Waals surface area contributed by atoms with Gasteiger partial charge in [0.1, 0.15) is 0 Å². The minimum absolute atomic E-state index is 0.0519. The lowest BCUT2D eigenvalue weighted by molar-refractivity contribution is -0.123. The topological polar surface area (TPSA) is 64.4 Å². The second kappa shape index (κ2) is 9.60. The molecule has 0 aromatic rings. The van der Waals surface area contributed by atoms with Gasteiger partial charge in [0.05, 0.1) is 18.7 Å². The summed E-state index contributed by atoms with van der Waals surface area (Å²) >= 11 is 0. The molecule has 0 aliphatic heterocycles. The van der Waals surface area contributed by atoms with Crippen LogP contribution in [0, 0.1) is 0 Å². The van der Waals surface area contributed by atoms with Gasteiger partial charge in [-0.1, -0.05) is 33.1 Å². The fraction of sp³-hybridized carbons (Fsp3) is 0.917. The first-order valence-corrected chi connectivity index (χ1v) is 6.20. The molecule has 0 saturated heterocycles. The van der Waals surface area contributed by atoms with Crippen molar-refractivity contribution in [3.05, 3.63) is 0 Å². The predicted molar refractivity (Wildman–Crippen MR) is 66.2 cm³/mol. The second-order valence-corrected chi connectivity index (χ2v) is 4.20. The SMILES string of the molecule is CCCC[C@H](N)C(=O)NC(CCC)COC. The summed E-state index contributed by atoms with van der Waals surface area (Å²) in [6, 6.07) is -0.286. The molecule has 96 valence electrons. The summed E-state index contributed by atoms with van der Waals surface area (Å²) in [5, 5.41) is 2.94. The minimum Gasteiger partial charge on any atom is -0.383 e. The summed E-state index contributed by atoms with van der Waals surface area (Å²) in [5.41, 5.74) is 5.79. The highest BCUT2D eigenvalue weighted by atomic mass is 16.5. The summed E-state index contributed by atoms with van der Waals surface area (Å²) in [6.07, 6.45) is 4.78. The van der Waals surface area contributed by atoms with Gasteiger partial charge in [-0.2, -0.15) is 0 Å². The van der Waals surface area contributed by atoms with Crippen molar-refractivity contribution < 1.29 is 9.53 Å². The third-order valence-electron chi connectivity index (χ3n) is 2.56. The molecule has 0 radical (unpaired) electrons. The molecule has 1 unspecified atom stereocenters. The molecular formula is C12H26N2O2. The van der Waals surface area contributed by atoms with Gasteiger partial charge in [0.2, 0.25) is 5.91 Å². The number of carbonyl (C=O) groups is 1. The number of unbranched alkanes of at least 4 members (excludes halogenated alkanes) is 1. The van der Waals surface area contributed by atoms with Crippen molar-refractivity contribution in [3.63, 3.8) is 0 Å². The Bertz CT molecular complexity index is 180. The maximum atomic E-state index is 11.7. The zero-order chi connectivity index (χ0) is 12.4. The quantitative estimate of drug-likeness (QED) is 0.630. The first-order chi connectivity index (χ1) is 7.65. The molecule has 0 heterocycles. The average Bonchev–Trinajstić information content (AvgIpc) is 2.26. The number of methoxy groups -OCH3 is 1. The Hall–Kier alpha value is -0.610. The third kappa shape index (κ3) is 6.80. The van der Waals surface area contributed by atoms with Gasteiger partial charge in [-0.15, -0.1) is 0 Å². The van der Waals surface area contributed by atoms with Crippen molar-refractivity contribution in [2.75, 3.05) is 13.7 Å². The van der Waals surface area contributed by atoms with E-state index in [4.69, 9.17) is 10.5 Å². The van der Waals surface area contributed by atoms with E-state index < -0.39 is 0 Å². The van der Waals surface area contributed by atoms with Crippen LogP contribution < -0.4 is 11.1 Å². The molecule has 4 nitrogen and oxygen atoms in total. The van der Waals surface area contributed by atoms with Gasteiger partial charge in [-0.05, 0) is 12.8 Å². The highest BCUT2D eigenvalue weighted by Crippen LogP contribution is 2.01. The van der Waals surface area contributed by atoms with Crippen LogP contribution in [0.25, 0.3) is 0 Å². The molecule has 0 bridgehead atoms. The van der Waals surface area contributed by atoms with Crippen LogP contribution in [0.4, 0.5) is 0 Å². The van der Waals surface area contributed by atoms with Crippen molar-refractivity contribution in [2.45, 2.75) is 58.0 Å². The second-order valence-electron chi connectivity index (χ2n) is 4.20. The van der Waals surface area contributed by atoms with Gasteiger partial charge < -0.3 is 15.8 Å². The van der Waals surface area contributed by atoms with E-state index in [0.29, 0.717) is 6.61 Å². The van der Waals surface area contributed by atoms with E-state index in [9.17, 15) is 4.79 Å². The molecule has 1 amide bonds. The Balaban J connectivity index is 3.96. The number of amides is 1. The van der Waals surface area contributed by atoms with Gasteiger partial charge in [0, 0.05) is 7.11 Å². The van der Waals surface area contributed by atoms with Gasteiger partial charge in [-0.3, -0.25) is 4.79 Å². The van der Waals surface area contributed by atoms with Gasteiger partial charge in [0.15, 0.2) is 0 Å². The van der Waals surface area contributed by atoms with Gasteiger partial charge in [-0.25, -0.2) is 0 Å². The molecule has 0 rings (SSSR count). The van der Waals surface area contributed by atoms with Crippen molar-refractivity contribution in [1.82, 2.24) is 5.32 Å². The Labute approximate surface area is 98.9 Å². The molecule has 4 heteroatoms. The lowest BCUT2D eigenvalue weighted by Crippen LogP contribution is -2.46. The summed E-state index contributed by atoms with van der Waals surface area (Å²) in [4.78, 5) is 11.7. The molecule has 0 saturated carbocycles. The smallest absolute Gasteiger partial charge is 0.237 e. The van der Waals surface area contributed by atoms with Crippen LogP contribution >= 0.6 is 0 Å². The van der Waals surface area contributed by atoms with Crippen LogP contribution in [0.1, 0.15) is 46.0 Å². The molecule has 3 N–H and O–H groups in total. The summed E-state index contributed by atoms with van der Waals surface area (Å²) in [5.74, 6) is -0.0519. The predicted octanol–water partition coefficient (Wildman–Crippen LogP) is 1.44. The Kier molecular flexibility index (Phi) is 9.24. The molecule has 0 aliphatic carbocycles. The van der Waals surface area contributed by atoms with Crippen molar-refractivity contribution >= 4 is 5.91 Å². The standard InChI is InChI=1S/C12H26N2O2/c1-4-6-8-11(13)12(15)14-10(7-5-2)9-16-3/h10-11H,4-9,13H2,1-3H3,(H,14,15)/t10?,11-/m0/s1. The molecule has 16 heavy (non-hydrogen) atoms. The number of carbonyl (C=O) groups excluding carboxylic acids is 1. The molecule has 2 atom stereocenters. The number of rotatable bonds is 9. The lowest BCUT2D eigenvalue weighted by Gasteiger charge is -2.19. The fourth-order valence-electron chi connectivity index (χ4n) is 1.61. The summed E-state index contributed by atoms with van der Waals surface area (Å²) in [7, 11) is 1.64. The maximum absolute atomic E-state index is 11.7. The van der Waals surface area contributed by atoms with Crippen LogP contribution in [0.2, 0.25) is 0 Å². The zero-order valence-electron chi connectivity index (χ0n) is 10.8. The van der Waals surface area contributed by atoms with E-state index >= 15 is 0 Å². The van der Waals surface area contributed by atoms with Gasteiger partial charge >= 0.3 is 0 Å². The monoisotopic (exact) mass is 230 g/mol. The zero-order valence-corrected chi connectivity index (χ0v) is 10.8. The fourth-order valence-corrected chi connectivity index (χ4v) is 1.61. The van der Waals surface area contributed by atoms with Crippen molar-refractivity contribution in [3.8, 4) is 0 Å². The van der Waals surface area contributed by atoms with Crippen molar-refractivity contribution in [1.29, 1.82) is 0 Å². The number of ether oxygens (including phenoxy) is 1. The van der Waals surface area contributed by atoms with Crippen molar-refractivity contribution in [2.24, 2.45) is 5.73 Å². The minimum atomic E-state index is -0.379. The molecule has 0 fully saturated rings. The van der Waals surface area contributed by atoms with Crippen LogP contribution in [0.15, 0.2) is 0 Å². The van der Waals surface area contributed by atoms with E-state index in [1.165, 1.54) is 0 Å². The Morgan fingerprint density at radius 3 is 2.50 bits per heavy atom. The van der Waals surface area contributed by atoms with E-state index in [1.807, 2.05) is 0 Å². The van der Waals surface area contributed by atoms with Crippen LogP contribution in [-0.2, 0) is 9.53 Å². The third-order valence-corrected chi connectivity index (χ3v) is 2.56. The lowest BCUT2D eigenvalue weighted by atomic mass is 10.1. The molecular weight excluding hydrogens is 204 g/mol. The number of hydrogen-bond donors (Lipinski definition) is 2. The highest BCUT2D eigenvalue weighted by molar-refractivity contribution is 5.81. The normalized spacial score (nSPS) is 14.5. The number of nitrogens with one attached hydrogen (secondary N) is 1. The summed E-state index contributed by atoms with van der Waals surface area (Å²) in [6.45, 7) is 4.74. The number of hydrogen-bond acceptors (Lipinski definition) is 3. The average molecular weight is 230 g/mol. The van der Waals surface area contributed by atoms with Crippen LogP contribution in [-0.4, -0.2) is 31.7 Å². The highest BCUT2D eigenvalue weighted by Gasteiger charge is 2.16. The molecule has 0 aliphatic rings. The molecule has 0 aromatic carbocycles. The van der Waals surface area contributed by atoms with Crippen LogP contribution in [0.5, 0.6) is 0 Å². The first kappa shape index (κ1) is 15.4. The summed E-state index contributed by atoms with van der Waals surface area (Å²) < 4.78 is 5.06. The maximum Gasteiger partial charge on any atom is 0.237 e. The van der Waals surface area contributed by atoms with E-state index in [1.54, 1.807) is 7.11 Å². The van der Waals surface area contributed by atoms with Crippen LogP contribution in [0.3, 0.4) is 0 Å². The van der Waals surface area contributed by atoms with E-state index in [-0.39, 0.29) is 18.0 Å². The van der Waals surface area contributed by atoms with E-state index in [0.717, 1.165) is 32.1 Å². The molecule has 0 spiro atoms. The Morgan fingerprint density at radius 1 is 1.31 bits per heavy atom. The first-order valence-electron chi connectivity index (χ1n) is 6.20. The van der Waals surface area contributed by atoms with E-state index in [2.05, 4.69) is 19.2 Å². The molecule has 0 aromatic heterocycles. The van der Waals surface area contributed by atoms with Gasteiger partial charge in [0.25, 0.3) is 0 Å². The number of nitrogens with two attached hydrogens (primary N) is 1. The Morgan fingerprint density at radius 2 is 2.00 bits per heavy atom.